The highest BCUT2D eigenvalue weighted by Gasteiger charge is 2.42. The van der Waals surface area contributed by atoms with Crippen molar-refractivity contribution in [3.05, 3.63) is 54.0 Å². The van der Waals surface area contributed by atoms with E-state index in [2.05, 4.69) is 14.9 Å². The number of ether oxygens (including phenoxy) is 1. The van der Waals surface area contributed by atoms with Gasteiger partial charge in [0, 0.05) is 43.5 Å². The standard InChI is InChI=1S/C20H24N4O2/c1-16-5-4-6-17(22-16)19(25)24-11-12-26-15-20(14-24)8-10-23(13-20)18-7-2-3-9-21-18/h2-7,9H,8,10-15H2,1H3. The van der Waals surface area contributed by atoms with Gasteiger partial charge in [0.05, 0.1) is 13.2 Å². The van der Waals surface area contributed by atoms with Gasteiger partial charge in [-0.1, -0.05) is 12.1 Å². The topological polar surface area (TPSA) is 58.6 Å². The SMILES string of the molecule is Cc1cccc(C(=O)N2CCOCC3(CCN(c4ccccn4)C3)C2)n1. The molecule has 2 aromatic heterocycles. The van der Waals surface area contributed by atoms with Gasteiger partial charge in [-0.15, -0.1) is 0 Å². The molecular weight excluding hydrogens is 328 g/mol. The van der Waals surface area contributed by atoms with Gasteiger partial charge in [0.1, 0.15) is 11.5 Å². The average molecular weight is 352 g/mol. The fraction of sp³-hybridized carbons (Fsp3) is 0.450. The van der Waals surface area contributed by atoms with Crippen LogP contribution in [0.25, 0.3) is 0 Å². The third kappa shape index (κ3) is 3.42. The smallest absolute Gasteiger partial charge is 0.272 e. The van der Waals surface area contributed by atoms with Crippen LogP contribution in [0.2, 0.25) is 0 Å². The van der Waals surface area contributed by atoms with Gasteiger partial charge in [0.25, 0.3) is 5.91 Å². The van der Waals surface area contributed by atoms with Gasteiger partial charge < -0.3 is 14.5 Å². The van der Waals surface area contributed by atoms with Crippen LogP contribution in [0.1, 0.15) is 22.6 Å². The van der Waals surface area contributed by atoms with Crippen molar-refractivity contribution >= 4 is 11.7 Å². The number of carbonyl (C=O) groups excluding carboxylic acids is 1. The maximum atomic E-state index is 13.0. The maximum absolute atomic E-state index is 13.0. The Hall–Kier alpha value is -2.47. The predicted octanol–water partition coefficient (Wildman–Crippen LogP) is 2.15. The molecule has 2 fully saturated rings. The van der Waals surface area contributed by atoms with E-state index < -0.39 is 0 Å². The van der Waals surface area contributed by atoms with Crippen LogP contribution in [-0.4, -0.2) is 60.2 Å². The van der Waals surface area contributed by atoms with Crippen molar-refractivity contribution in [2.75, 3.05) is 44.3 Å². The lowest BCUT2D eigenvalue weighted by molar-refractivity contribution is 0.0685. The largest absolute Gasteiger partial charge is 0.379 e. The summed E-state index contributed by atoms with van der Waals surface area (Å²) in [5.74, 6) is 0.988. The molecule has 1 unspecified atom stereocenters. The Balaban J connectivity index is 1.52. The van der Waals surface area contributed by atoms with Crippen LogP contribution in [0.4, 0.5) is 5.82 Å². The van der Waals surface area contributed by atoms with Gasteiger partial charge in [0.2, 0.25) is 0 Å². The molecule has 0 saturated carbocycles. The van der Waals surface area contributed by atoms with Gasteiger partial charge in [-0.2, -0.15) is 0 Å². The molecule has 0 radical (unpaired) electrons. The molecule has 1 spiro atoms. The molecule has 1 amide bonds. The van der Waals surface area contributed by atoms with Crippen molar-refractivity contribution in [3.63, 3.8) is 0 Å². The van der Waals surface area contributed by atoms with Gasteiger partial charge in [0.15, 0.2) is 0 Å². The number of aromatic nitrogens is 2. The van der Waals surface area contributed by atoms with Gasteiger partial charge in [-0.25, -0.2) is 9.97 Å². The number of aryl methyl sites for hydroxylation is 1. The van der Waals surface area contributed by atoms with E-state index in [0.29, 0.717) is 32.0 Å². The van der Waals surface area contributed by atoms with Gasteiger partial charge in [-0.05, 0) is 37.6 Å². The molecule has 0 aliphatic carbocycles. The minimum atomic E-state index is -0.0481. The fourth-order valence-electron chi connectivity index (χ4n) is 3.91. The highest BCUT2D eigenvalue weighted by atomic mass is 16.5. The summed E-state index contributed by atoms with van der Waals surface area (Å²) >= 11 is 0. The number of amides is 1. The zero-order chi connectivity index (χ0) is 18.0. The molecule has 1 atom stereocenters. The van der Waals surface area contributed by atoms with E-state index in [1.165, 1.54) is 0 Å². The summed E-state index contributed by atoms with van der Waals surface area (Å²) < 4.78 is 5.90. The molecule has 2 aliphatic rings. The second kappa shape index (κ2) is 7.03. The Morgan fingerprint density at radius 1 is 1.15 bits per heavy atom. The van der Waals surface area contributed by atoms with Crippen LogP contribution >= 0.6 is 0 Å². The molecule has 4 heterocycles. The highest BCUT2D eigenvalue weighted by molar-refractivity contribution is 5.92. The average Bonchev–Trinajstić information content (AvgIpc) is 2.96. The fourth-order valence-corrected chi connectivity index (χ4v) is 3.91. The quantitative estimate of drug-likeness (QED) is 0.829. The molecule has 6 nitrogen and oxygen atoms in total. The number of nitrogens with zero attached hydrogens (tertiary/aromatic N) is 4. The summed E-state index contributed by atoms with van der Waals surface area (Å²) in [6.45, 7) is 6.26. The van der Waals surface area contributed by atoms with Crippen molar-refractivity contribution in [1.29, 1.82) is 0 Å². The summed E-state index contributed by atoms with van der Waals surface area (Å²) in [5.41, 5.74) is 1.33. The molecule has 0 aromatic carbocycles. The maximum Gasteiger partial charge on any atom is 0.272 e. The molecule has 2 aromatic rings. The van der Waals surface area contributed by atoms with Gasteiger partial charge in [-0.3, -0.25) is 4.79 Å². The Bertz CT molecular complexity index is 782. The molecule has 2 saturated heterocycles. The summed E-state index contributed by atoms with van der Waals surface area (Å²) in [7, 11) is 0. The van der Waals surface area contributed by atoms with Gasteiger partial charge >= 0.3 is 0 Å². The first-order valence-electron chi connectivity index (χ1n) is 9.12. The molecule has 2 aliphatic heterocycles. The molecule has 136 valence electrons. The van der Waals surface area contributed by atoms with E-state index in [4.69, 9.17) is 4.74 Å². The van der Waals surface area contributed by atoms with Crippen LogP contribution in [-0.2, 0) is 4.74 Å². The highest BCUT2D eigenvalue weighted by Crippen LogP contribution is 2.35. The van der Waals surface area contributed by atoms with E-state index in [9.17, 15) is 4.79 Å². The van der Waals surface area contributed by atoms with Crippen molar-refractivity contribution in [2.45, 2.75) is 13.3 Å². The zero-order valence-electron chi connectivity index (χ0n) is 15.1. The molecule has 26 heavy (non-hydrogen) atoms. The second-order valence-corrected chi connectivity index (χ2v) is 7.30. The summed E-state index contributed by atoms with van der Waals surface area (Å²) in [6.07, 6.45) is 2.82. The lowest BCUT2D eigenvalue weighted by Gasteiger charge is -2.31. The Kier molecular flexibility index (Phi) is 4.59. The lowest BCUT2D eigenvalue weighted by Crippen LogP contribution is -2.43. The normalized spacial score (nSPS) is 23.3. The number of carbonyl (C=O) groups is 1. The number of rotatable bonds is 2. The van der Waals surface area contributed by atoms with Crippen LogP contribution in [0.15, 0.2) is 42.6 Å². The minimum absolute atomic E-state index is 0.00476. The number of anilines is 1. The first-order valence-corrected chi connectivity index (χ1v) is 9.12. The van der Waals surface area contributed by atoms with E-state index in [0.717, 1.165) is 31.0 Å². The third-order valence-corrected chi connectivity index (χ3v) is 5.25. The van der Waals surface area contributed by atoms with E-state index in [1.54, 1.807) is 6.07 Å². The van der Waals surface area contributed by atoms with Crippen LogP contribution in [0.5, 0.6) is 0 Å². The Labute approximate surface area is 153 Å². The number of pyridine rings is 2. The molecular formula is C20H24N4O2. The Morgan fingerprint density at radius 2 is 2.08 bits per heavy atom. The molecule has 6 heteroatoms. The van der Waals surface area contributed by atoms with Crippen LogP contribution in [0.3, 0.4) is 0 Å². The van der Waals surface area contributed by atoms with Crippen molar-refractivity contribution in [2.24, 2.45) is 5.41 Å². The van der Waals surface area contributed by atoms with E-state index >= 15 is 0 Å². The summed E-state index contributed by atoms with van der Waals surface area (Å²) in [4.78, 5) is 26.1. The monoisotopic (exact) mass is 352 g/mol. The zero-order valence-corrected chi connectivity index (χ0v) is 15.1. The van der Waals surface area contributed by atoms with E-state index in [-0.39, 0.29) is 11.3 Å². The first-order chi connectivity index (χ1) is 12.7. The molecule has 4 rings (SSSR count). The second-order valence-electron chi connectivity index (χ2n) is 7.30. The summed E-state index contributed by atoms with van der Waals surface area (Å²) in [6, 6.07) is 11.6. The van der Waals surface area contributed by atoms with Crippen LogP contribution in [0, 0.1) is 12.3 Å². The predicted molar refractivity (Wildman–Crippen MR) is 99.2 cm³/mol. The Morgan fingerprint density at radius 3 is 2.88 bits per heavy atom. The van der Waals surface area contributed by atoms with Crippen molar-refractivity contribution < 1.29 is 9.53 Å². The van der Waals surface area contributed by atoms with Crippen molar-refractivity contribution in [3.8, 4) is 0 Å². The molecule has 0 N–H and O–H groups in total. The van der Waals surface area contributed by atoms with Crippen molar-refractivity contribution in [1.82, 2.24) is 14.9 Å². The first kappa shape index (κ1) is 17.0. The third-order valence-electron chi connectivity index (χ3n) is 5.25. The minimum Gasteiger partial charge on any atom is -0.379 e. The van der Waals surface area contributed by atoms with Crippen LogP contribution < -0.4 is 4.90 Å². The number of hydrogen-bond donors (Lipinski definition) is 0. The summed E-state index contributed by atoms with van der Waals surface area (Å²) in [5, 5.41) is 0. The van der Waals surface area contributed by atoms with E-state index in [1.807, 2.05) is 48.4 Å². The molecule has 0 bridgehead atoms. The lowest BCUT2D eigenvalue weighted by atomic mass is 9.87. The number of hydrogen-bond acceptors (Lipinski definition) is 5.